The Morgan fingerprint density at radius 2 is 2.12 bits per heavy atom. The van der Waals surface area contributed by atoms with Gasteiger partial charge in [-0.3, -0.25) is 0 Å². The zero-order valence-electron chi connectivity index (χ0n) is 8.29. The molecule has 0 amide bonds. The van der Waals surface area contributed by atoms with E-state index in [-0.39, 0.29) is 0 Å². The molecule has 0 saturated carbocycles. The third kappa shape index (κ3) is 3.10. The Hall–Kier alpha value is 0.170. The summed E-state index contributed by atoms with van der Waals surface area (Å²) in [5, 5.41) is 2.88. The van der Waals surface area contributed by atoms with Gasteiger partial charge in [-0.25, -0.2) is 0 Å². The maximum atomic E-state index is 5.96. The maximum Gasteiger partial charge on any atom is 0.0540 e. The highest BCUT2D eigenvalue weighted by molar-refractivity contribution is 9.11. The van der Waals surface area contributed by atoms with Gasteiger partial charge in [-0.15, -0.1) is 11.3 Å². The summed E-state index contributed by atoms with van der Waals surface area (Å²) in [5.41, 5.74) is 1.25. The van der Waals surface area contributed by atoms with Crippen LogP contribution in [0.15, 0.2) is 40.2 Å². The monoisotopic (exact) mass is 378 g/mol. The van der Waals surface area contributed by atoms with Gasteiger partial charge in [0, 0.05) is 14.4 Å². The van der Waals surface area contributed by atoms with E-state index in [0.29, 0.717) is 4.83 Å². The maximum absolute atomic E-state index is 5.96. The molecule has 0 aliphatic carbocycles. The Bertz CT molecular complexity index is 481. The Morgan fingerprint density at radius 1 is 1.31 bits per heavy atom. The molecular formula is C12H9Br2ClS. The lowest BCUT2D eigenvalue weighted by molar-refractivity contribution is 0.965. The third-order valence-corrected chi connectivity index (χ3v) is 5.54. The normalized spacial score (nSPS) is 12.7. The van der Waals surface area contributed by atoms with E-state index in [1.807, 2.05) is 18.2 Å². The standard InChI is InChI=1S/C12H9Br2ClS/c13-10-4-5-16-12(10)11(14)7-8-2-1-3-9(15)6-8/h1-6,11H,7H2. The van der Waals surface area contributed by atoms with E-state index in [0.717, 1.165) is 11.4 Å². The van der Waals surface area contributed by atoms with Gasteiger partial charge in [-0.1, -0.05) is 39.7 Å². The molecule has 1 unspecified atom stereocenters. The van der Waals surface area contributed by atoms with Gasteiger partial charge in [0.2, 0.25) is 0 Å². The molecule has 0 radical (unpaired) electrons. The van der Waals surface area contributed by atoms with Crippen LogP contribution in [0.5, 0.6) is 0 Å². The van der Waals surface area contributed by atoms with E-state index >= 15 is 0 Å². The molecule has 4 heteroatoms. The summed E-state index contributed by atoms with van der Waals surface area (Å²) in [5.74, 6) is 0. The number of alkyl halides is 1. The number of thiophene rings is 1. The van der Waals surface area contributed by atoms with Crippen molar-refractivity contribution in [2.24, 2.45) is 0 Å². The van der Waals surface area contributed by atoms with Gasteiger partial charge in [-0.2, -0.15) is 0 Å². The topological polar surface area (TPSA) is 0 Å². The van der Waals surface area contributed by atoms with Crippen molar-refractivity contribution in [1.29, 1.82) is 0 Å². The lowest BCUT2D eigenvalue weighted by Gasteiger charge is -2.09. The number of halogens is 3. The van der Waals surface area contributed by atoms with Crippen LogP contribution in [0.2, 0.25) is 5.02 Å². The largest absolute Gasteiger partial charge is 0.147 e. The molecule has 0 nitrogen and oxygen atoms in total. The first-order valence-corrected chi connectivity index (χ1v) is 7.75. The van der Waals surface area contributed by atoms with Crippen molar-refractivity contribution >= 4 is 54.8 Å². The minimum absolute atomic E-state index is 0.334. The molecule has 0 bridgehead atoms. The van der Waals surface area contributed by atoms with Crippen molar-refractivity contribution in [3.05, 3.63) is 55.6 Å². The first-order chi connectivity index (χ1) is 7.66. The predicted molar refractivity (Wildman–Crippen MR) is 78.8 cm³/mol. The second kappa shape index (κ2) is 5.67. The lowest BCUT2D eigenvalue weighted by Crippen LogP contribution is -1.93. The van der Waals surface area contributed by atoms with Crippen molar-refractivity contribution in [3.63, 3.8) is 0 Å². The summed E-state index contributed by atoms with van der Waals surface area (Å²) in [4.78, 5) is 1.65. The molecular weight excluding hydrogens is 371 g/mol. The van der Waals surface area contributed by atoms with Crippen molar-refractivity contribution in [2.45, 2.75) is 11.2 Å². The number of rotatable bonds is 3. The Labute approximate surface area is 121 Å². The van der Waals surface area contributed by atoms with Crippen LogP contribution in [0.25, 0.3) is 0 Å². The van der Waals surface area contributed by atoms with E-state index in [1.165, 1.54) is 14.9 Å². The van der Waals surface area contributed by atoms with Crippen LogP contribution in [-0.4, -0.2) is 0 Å². The van der Waals surface area contributed by atoms with Crippen LogP contribution in [0, 0.1) is 0 Å². The highest BCUT2D eigenvalue weighted by Crippen LogP contribution is 2.36. The molecule has 1 aromatic carbocycles. The molecule has 16 heavy (non-hydrogen) atoms. The molecule has 1 aromatic heterocycles. The van der Waals surface area contributed by atoms with Gasteiger partial charge in [0.15, 0.2) is 0 Å². The zero-order chi connectivity index (χ0) is 11.5. The summed E-state index contributed by atoms with van der Waals surface area (Å²) >= 11 is 15.0. The van der Waals surface area contributed by atoms with Crippen LogP contribution in [0.1, 0.15) is 15.3 Å². The molecule has 0 aliphatic heterocycles. The Balaban J connectivity index is 2.14. The molecule has 0 spiro atoms. The quantitative estimate of drug-likeness (QED) is 0.587. The fourth-order valence-corrected chi connectivity index (χ4v) is 4.58. The molecule has 2 rings (SSSR count). The Kier molecular flexibility index (Phi) is 4.48. The molecule has 2 aromatic rings. The van der Waals surface area contributed by atoms with Gasteiger partial charge < -0.3 is 0 Å². The van der Waals surface area contributed by atoms with E-state index in [2.05, 4.69) is 49.4 Å². The van der Waals surface area contributed by atoms with Gasteiger partial charge >= 0.3 is 0 Å². The summed E-state index contributed by atoms with van der Waals surface area (Å²) in [6, 6.07) is 10.1. The fourth-order valence-electron chi connectivity index (χ4n) is 1.49. The molecule has 0 saturated heterocycles. The Morgan fingerprint density at radius 3 is 2.75 bits per heavy atom. The van der Waals surface area contributed by atoms with Crippen LogP contribution >= 0.6 is 54.8 Å². The number of hydrogen-bond donors (Lipinski definition) is 0. The summed E-state index contributed by atoms with van der Waals surface area (Å²) in [6.07, 6.45) is 0.944. The minimum atomic E-state index is 0.334. The molecule has 0 N–H and O–H groups in total. The van der Waals surface area contributed by atoms with Crippen molar-refractivity contribution in [2.75, 3.05) is 0 Å². The number of hydrogen-bond acceptors (Lipinski definition) is 1. The second-order valence-corrected chi connectivity index (χ2v) is 6.78. The third-order valence-electron chi connectivity index (χ3n) is 2.23. The predicted octanol–water partition coefficient (Wildman–Crippen LogP) is 5.84. The van der Waals surface area contributed by atoms with Crippen molar-refractivity contribution < 1.29 is 0 Å². The molecule has 1 heterocycles. The van der Waals surface area contributed by atoms with Gasteiger partial charge in [0.25, 0.3) is 0 Å². The van der Waals surface area contributed by atoms with E-state index in [9.17, 15) is 0 Å². The minimum Gasteiger partial charge on any atom is -0.147 e. The highest BCUT2D eigenvalue weighted by atomic mass is 79.9. The smallest absolute Gasteiger partial charge is 0.0540 e. The molecule has 0 fully saturated rings. The molecule has 84 valence electrons. The fraction of sp³-hybridized carbons (Fsp3) is 0.167. The van der Waals surface area contributed by atoms with Crippen LogP contribution in [0.3, 0.4) is 0 Å². The van der Waals surface area contributed by atoms with Gasteiger partial charge in [-0.05, 0) is 51.5 Å². The zero-order valence-corrected chi connectivity index (χ0v) is 13.0. The van der Waals surface area contributed by atoms with E-state index in [4.69, 9.17) is 11.6 Å². The van der Waals surface area contributed by atoms with E-state index in [1.54, 1.807) is 11.3 Å². The van der Waals surface area contributed by atoms with Crippen molar-refractivity contribution in [3.8, 4) is 0 Å². The summed E-state index contributed by atoms with van der Waals surface area (Å²) in [7, 11) is 0. The second-order valence-electron chi connectivity index (χ2n) is 3.43. The average molecular weight is 381 g/mol. The number of benzene rings is 1. The highest BCUT2D eigenvalue weighted by Gasteiger charge is 2.13. The van der Waals surface area contributed by atoms with Gasteiger partial charge in [0.1, 0.15) is 0 Å². The summed E-state index contributed by atoms with van der Waals surface area (Å²) in [6.45, 7) is 0. The lowest BCUT2D eigenvalue weighted by atomic mass is 10.1. The molecule has 1 atom stereocenters. The van der Waals surface area contributed by atoms with Crippen molar-refractivity contribution in [1.82, 2.24) is 0 Å². The average Bonchev–Trinajstić information content (AvgIpc) is 2.64. The first-order valence-electron chi connectivity index (χ1n) is 4.78. The van der Waals surface area contributed by atoms with Crippen LogP contribution in [-0.2, 0) is 6.42 Å². The van der Waals surface area contributed by atoms with Crippen LogP contribution < -0.4 is 0 Å². The first kappa shape index (κ1) is 12.6. The van der Waals surface area contributed by atoms with E-state index < -0.39 is 0 Å². The van der Waals surface area contributed by atoms with Crippen LogP contribution in [0.4, 0.5) is 0 Å². The SMILES string of the molecule is Clc1cccc(CC(Br)c2sccc2Br)c1. The van der Waals surface area contributed by atoms with Gasteiger partial charge in [0.05, 0.1) is 4.83 Å². The summed E-state index contributed by atoms with van der Waals surface area (Å²) < 4.78 is 1.17. The molecule has 0 aliphatic rings.